The lowest BCUT2D eigenvalue weighted by Gasteiger charge is -2.06. The van der Waals surface area contributed by atoms with Gasteiger partial charge in [-0.3, -0.25) is 0 Å². The van der Waals surface area contributed by atoms with Gasteiger partial charge in [0.05, 0.1) is 6.10 Å². The molecule has 0 bridgehead atoms. The molecule has 2 nitrogen and oxygen atoms in total. The van der Waals surface area contributed by atoms with Crippen molar-refractivity contribution in [2.45, 2.75) is 19.1 Å². The first-order valence-corrected chi connectivity index (χ1v) is 2.24. The van der Waals surface area contributed by atoms with Crippen LogP contribution in [0.2, 0.25) is 0 Å². The molecule has 2 heteroatoms. The molecule has 0 aliphatic rings. The van der Waals surface area contributed by atoms with Gasteiger partial charge in [-0.2, -0.15) is 0 Å². The van der Waals surface area contributed by atoms with Crippen LogP contribution in [-0.2, 0) is 0 Å². The molecule has 0 heterocycles. The molecule has 0 aliphatic heterocycles. The van der Waals surface area contributed by atoms with Crippen molar-refractivity contribution < 1.29 is 5.11 Å². The van der Waals surface area contributed by atoms with Gasteiger partial charge in [-0.1, -0.05) is 6.08 Å². The summed E-state index contributed by atoms with van der Waals surface area (Å²) in [5, 5.41) is 8.69. The van der Waals surface area contributed by atoms with Gasteiger partial charge in [-0.05, 0) is 6.92 Å². The average Bonchev–Trinajstić information content (AvgIpc) is 1.65. The van der Waals surface area contributed by atoms with Crippen molar-refractivity contribution in [2.24, 2.45) is 5.73 Å². The van der Waals surface area contributed by atoms with E-state index in [1.54, 1.807) is 6.92 Å². The van der Waals surface area contributed by atoms with Crippen LogP contribution in [0.25, 0.3) is 0 Å². The van der Waals surface area contributed by atoms with E-state index < -0.39 is 6.10 Å². The highest BCUT2D eigenvalue weighted by Crippen LogP contribution is 1.86. The summed E-state index contributed by atoms with van der Waals surface area (Å²) in [6.45, 7) is 5.08. The van der Waals surface area contributed by atoms with Crippen molar-refractivity contribution in [3.63, 3.8) is 0 Å². The third kappa shape index (κ3) is 2.37. The minimum Gasteiger partial charge on any atom is -0.387 e. The SMILES string of the molecule is C=CC(O)C(C)N. The predicted molar refractivity (Wildman–Crippen MR) is 29.9 cm³/mol. The van der Waals surface area contributed by atoms with Gasteiger partial charge in [0.15, 0.2) is 0 Å². The predicted octanol–water partition coefficient (Wildman–Crippen LogP) is -0.120. The van der Waals surface area contributed by atoms with E-state index >= 15 is 0 Å². The van der Waals surface area contributed by atoms with Gasteiger partial charge in [-0.15, -0.1) is 6.58 Å². The number of nitrogens with two attached hydrogens (primary N) is 1. The Morgan fingerprint density at radius 2 is 2.29 bits per heavy atom. The molecule has 3 N–H and O–H groups in total. The van der Waals surface area contributed by atoms with Crippen molar-refractivity contribution >= 4 is 0 Å². The lowest BCUT2D eigenvalue weighted by Crippen LogP contribution is -2.29. The van der Waals surface area contributed by atoms with E-state index in [1.165, 1.54) is 6.08 Å². The Labute approximate surface area is 43.6 Å². The minimum absolute atomic E-state index is 0.197. The summed E-state index contributed by atoms with van der Waals surface area (Å²) >= 11 is 0. The zero-order chi connectivity index (χ0) is 5.86. The lowest BCUT2D eigenvalue weighted by molar-refractivity contribution is 0.198. The molecule has 0 radical (unpaired) electrons. The molecule has 0 saturated heterocycles. The first-order chi connectivity index (χ1) is 3.18. The van der Waals surface area contributed by atoms with Crippen LogP contribution in [-0.4, -0.2) is 17.3 Å². The Hall–Kier alpha value is -0.340. The summed E-state index contributed by atoms with van der Waals surface area (Å²) in [5.74, 6) is 0. The Bertz CT molecular complexity index is 61.1. The number of hydrogen-bond donors (Lipinski definition) is 2. The first kappa shape index (κ1) is 6.66. The Morgan fingerprint density at radius 1 is 1.86 bits per heavy atom. The summed E-state index contributed by atoms with van der Waals surface area (Å²) in [5.41, 5.74) is 5.23. The summed E-state index contributed by atoms with van der Waals surface area (Å²) in [6.07, 6.45) is 0.866. The fourth-order valence-corrected chi connectivity index (χ4v) is 0.215. The second kappa shape index (κ2) is 2.77. The van der Waals surface area contributed by atoms with Gasteiger partial charge in [0, 0.05) is 6.04 Å². The van der Waals surface area contributed by atoms with Crippen LogP contribution in [0.15, 0.2) is 12.7 Å². The van der Waals surface area contributed by atoms with Gasteiger partial charge in [0.2, 0.25) is 0 Å². The highest BCUT2D eigenvalue weighted by Gasteiger charge is 2.00. The fraction of sp³-hybridized carbons (Fsp3) is 0.600. The molecule has 2 unspecified atom stereocenters. The van der Waals surface area contributed by atoms with E-state index in [0.29, 0.717) is 0 Å². The molecule has 0 spiro atoms. The summed E-state index contributed by atoms with van der Waals surface area (Å²) in [7, 11) is 0. The molecule has 0 rings (SSSR count). The minimum atomic E-state index is -0.556. The summed E-state index contributed by atoms with van der Waals surface area (Å²) < 4.78 is 0. The zero-order valence-corrected chi connectivity index (χ0v) is 4.46. The molecular weight excluding hydrogens is 90.1 g/mol. The van der Waals surface area contributed by atoms with Crippen LogP contribution < -0.4 is 5.73 Å². The smallest absolute Gasteiger partial charge is 0.0866 e. The number of aliphatic hydroxyl groups is 1. The van der Waals surface area contributed by atoms with Crippen LogP contribution in [0.4, 0.5) is 0 Å². The van der Waals surface area contributed by atoms with Crippen LogP contribution in [0.3, 0.4) is 0 Å². The van der Waals surface area contributed by atoms with E-state index in [-0.39, 0.29) is 6.04 Å². The van der Waals surface area contributed by atoms with E-state index in [0.717, 1.165) is 0 Å². The van der Waals surface area contributed by atoms with Crippen molar-refractivity contribution in [1.82, 2.24) is 0 Å². The maximum atomic E-state index is 8.69. The molecule has 0 aromatic carbocycles. The van der Waals surface area contributed by atoms with Crippen LogP contribution in [0.1, 0.15) is 6.92 Å². The van der Waals surface area contributed by atoms with Crippen LogP contribution in [0.5, 0.6) is 0 Å². The molecule has 0 amide bonds. The molecule has 0 aromatic rings. The van der Waals surface area contributed by atoms with Crippen LogP contribution in [0, 0.1) is 0 Å². The van der Waals surface area contributed by atoms with Crippen molar-refractivity contribution in [3.05, 3.63) is 12.7 Å². The maximum absolute atomic E-state index is 8.69. The quantitative estimate of drug-likeness (QED) is 0.476. The third-order valence-electron chi connectivity index (χ3n) is 0.780. The second-order valence-electron chi connectivity index (χ2n) is 1.59. The highest BCUT2D eigenvalue weighted by atomic mass is 16.3. The van der Waals surface area contributed by atoms with E-state index in [2.05, 4.69) is 6.58 Å². The highest BCUT2D eigenvalue weighted by molar-refractivity contribution is 4.83. The van der Waals surface area contributed by atoms with E-state index in [9.17, 15) is 0 Å². The summed E-state index contributed by atoms with van der Waals surface area (Å²) in [6, 6.07) is -0.197. The topological polar surface area (TPSA) is 46.2 Å². The van der Waals surface area contributed by atoms with Gasteiger partial charge in [0.1, 0.15) is 0 Å². The van der Waals surface area contributed by atoms with Crippen molar-refractivity contribution in [2.75, 3.05) is 0 Å². The molecule has 7 heavy (non-hydrogen) atoms. The Balaban J connectivity index is 3.33. The van der Waals surface area contributed by atoms with Gasteiger partial charge >= 0.3 is 0 Å². The largest absolute Gasteiger partial charge is 0.387 e. The number of rotatable bonds is 2. The maximum Gasteiger partial charge on any atom is 0.0866 e. The standard InChI is InChI=1S/C5H11NO/c1-3-5(7)4(2)6/h3-5,7H,1,6H2,2H3. The molecule has 0 aromatic heterocycles. The van der Waals surface area contributed by atoms with Crippen molar-refractivity contribution in [3.8, 4) is 0 Å². The second-order valence-corrected chi connectivity index (χ2v) is 1.59. The molecule has 42 valence electrons. The van der Waals surface area contributed by atoms with E-state index in [4.69, 9.17) is 10.8 Å². The zero-order valence-electron chi connectivity index (χ0n) is 4.46. The van der Waals surface area contributed by atoms with Gasteiger partial charge in [0.25, 0.3) is 0 Å². The normalized spacial score (nSPS) is 18.1. The third-order valence-corrected chi connectivity index (χ3v) is 0.780. The van der Waals surface area contributed by atoms with Gasteiger partial charge in [-0.25, -0.2) is 0 Å². The lowest BCUT2D eigenvalue weighted by atomic mass is 10.2. The Morgan fingerprint density at radius 3 is 2.29 bits per heavy atom. The first-order valence-electron chi connectivity index (χ1n) is 2.24. The van der Waals surface area contributed by atoms with Crippen LogP contribution >= 0.6 is 0 Å². The molecular formula is C5H11NO. The number of hydrogen-bond acceptors (Lipinski definition) is 2. The molecule has 0 fully saturated rings. The molecule has 0 saturated carbocycles. The monoisotopic (exact) mass is 101 g/mol. The molecule has 2 atom stereocenters. The Kier molecular flexibility index (Phi) is 2.64. The van der Waals surface area contributed by atoms with E-state index in [1.807, 2.05) is 0 Å². The van der Waals surface area contributed by atoms with Gasteiger partial charge < -0.3 is 10.8 Å². The molecule has 0 aliphatic carbocycles. The summed E-state index contributed by atoms with van der Waals surface area (Å²) in [4.78, 5) is 0. The fourth-order valence-electron chi connectivity index (χ4n) is 0.215. The van der Waals surface area contributed by atoms with Crippen molar-refractivity contribution in [1.29, 1.82) is 0 Å². The average molecular weight is 101 g/mol. The number of aliphatic hydroxyl groups excluding tert-OH is 1.